The van der Waals surface area contributed by atoms with E-state index < -0.39 is 0 Å². The van der Waals surface area contributed by atoms with Crippen LogP contribution in [0.15, 0.2) is 24.3 Å². The molecule has 136 valence electrons. The largest absolute Gasteiger partial charge is 0.368 e. The van der Waals surface area contributed by atoms with Gasteiger partial charge >= 0.3 is 0 Å². The van der Waals surface area contributed by atoms with Crippen LogP contribution in [0.1, 0.15) is 12.8 Å². The Morgan fingerprint density at radius 1 is 1.20 bits per heavy atom. The molecule has 2 amide bonds. The van der Waals surface area contributed by atoms with Crippen LogP contribution in [0.5, 0.6) is 0 Å². The molecule has 0 atom stereocenters. The van der Waals surface area contributed by atoms with E-state index in [0.717, 1.165) is 36.6 Å². The highest BCUT2D eigenvalue weighted by Crippen LogP contribution is 2.21. The number of carbonyl (C=O) groups excluding carboxylic acids is 2. The van der Waals surface area contributed by atoms with Crippen molar-refractivity contribution in [2.45, 2.75) is 18.9 Å². The molecule has 0 aromatic heterocycles. The lowest BCUT2D eigenvalue weighted by Gasteiger charge is -2.36. The summed E-state index contributed by atoms with van der Waals surface area (Å²) in [5.74, 6) is 0.0797. The van der Waals surface area contributed by atoms with Crippen molar-refractivity contribution < 1.29 is 9.59 Å². The van der Waals surface area contributed by atoms with Gasteiger partial charge in [-0.05, 0) is 38.1 Å². The molecule has 0 radical (unpaired) electrons. The first-order chi connectivity index (χ1) is 12.0. The van der Waals surface area contributed by atoms with Gasteiger partial charge in [0.15, 0.2) is 0 Å². The molecule has 1 aromatic rings. The molecular weight excluding hydrogens is 340 g/mol. The molecule has 6 nitrogen and oxygen atoms in total. The summed E-state index contributed by atoms with van der Waals surface area (Å²) in [7, 11) is 1.81. The van der Waals surface area contributed by atoms with Crippen LogP contribution >= 0.6 is 11.6 Å². The van der Waals surface area contributed by atoms with Crippen LogP contribution in [-0.2, 0) is 9.59 Å². The Morgan fingerprint density at radius 3 is 2.56 bits per heavy atom. The van der Waals surface area contributed by atoms with Gasteiger partial charge in [0.1, 0.15) is 0 Å². The van der Waals surface area contributed by atoms with E-state index in [9.17, 15) is 9.59 Å². The number of anilines is 1. The minimum Gasteiger partial charge on any atom is -0.368 e. The van der Waals surface area contributed by atoms with Gasteiger partial charge in [-0.2, -0.15) is 0 Å². The number of halogens is 1. The number of nitrogens with zero attached hydrogens (tertiary/aromatic N) is 3. The molecule has 2 aliphatic rings. The number of carbonyl (C=O) groups is 2. The summed E-state index contributed by atoms with van der Waals surface area (Å²) in [5.41, 5.74) is 1.09. The van der Waals surface area contributed by atoms with Crippen molar-refractivity contribution in [3.8, 4) is 0 Å². The quantitative estimate of drug-likeness (QED) is 0.824. The number of rotatable bonds is 6. The van der Waals surface area contributed by atoms with E-state index in [2.05, 4.69) is 10.2 Å². The van der Waals surface area contributed by atoms with Crippen LogP contribution in [0, 0.1) is 0 Å². The fraction of sp³-hybridized carbons (Fsp3) is 0.556. The minimum absolute atomic E-state index is 0.00331. The fourth-order valence-corrected chi connectivity index (χ4v) is 3.20. The third kappa shape index (κ3) is 5.34. The molecule has 7 heteroatoms. The van der Waals surface area contributed by atoms with Crippen molar-refractivity contribution in [1.82, 2.24) is 15.1 Å². The van der Waals surface area contributed by atoms with Gasteiger partial charge in [-0.1, -0.05) is 17.7 Å². The highest BCUT2D eigenvalue weighted by Gasteiger charge is 2.25. The van der Waals surface area contributed by atoms with Crippen LogP contribution in [0.2, 0.25) is 5.02 Å². The third-order valence-corrected chi connectivity index (χ3v) is 4.80. The van der Waals surface area contributed by atoms with Crippen LogP contribution in [0.25, 0.3) is 0 Å². The van der Waals surface area contributed by atoms with Gasteiger partial charge in [-0.15, -0.1) is 0 Å². The Bertz CT molecular complexity index is 627. The van der Waals surface area contributed by atoms with E-state index in [0.29, 0.717) is 19.1 Å². The molecule has 1 aliphatic carbocycles. The Kier molecular flexibility index (Phi) is 5.81. The molecule has 0 spiro atoms. The molecule has 1 N–H and O–H groups in total. The van der Waals surface area contributed by atoms with Crippen molar-refractivity contribution in [1.29, 1.82) is 0 Å². The topological polar surface area (TPSA) is 55.9 Å². The molecule has 25 heavy (non-hydrogen) atoms. The Labute approximate surface area is 153 Å². The van der Waals surface area contributed by atoms with Gasteiger partial charge in [0, 0.05) is 42.9 Å². The first-order valence-electron chi connectivity index (χ1n) is 8.77. The van der Waals surface area contributed by atoms with Crippen LogP contribution < -0.4 is 10.2 Å². The summed E-state index contributed by atoms with van der Waals surface area (Å²) in [6.45, 7) is 3.50. The highest BCUT2D eigenvalue weighted by molar-refractivity contribution is 6.30. The Morgan fingerprint density at radius 2 is 1.92 bits per heavy atom. The van der Waals surface area contributed by atoms with E-state index in [1.165, 1.54) is 0 Å². The maximum atomic E-state index is 12.4. The molecule has 0 unspecified atom stereocenters. The molecule has 3 rings (SSSR count). The van der Waals surface area contributed by atoms with Gasteiger partial charge in [-0.3, -0.25) is 14.5 Å². The van der Waals surface area contributed by atoms with E-state index in [1.807, 2.05) is 36.2 Å². The van der Waals surface area contributed by atoms with Gasteiger partial charge in [0.2, 0.25) is 11.8 Å². The maximum Gasteiger partial charge on any atom is 0.236 e. The molecule has 1 saturated heterocycles. The molecular formula is C18H25ClN4O2. The average molecular weight is 365 g/mol. The lowest BCUT2D eigenvalue weighted by atomic mass is 10.2. The standard InChI is InChI=1S/C18H25ClN4O2/c1-21(12-17(24)20-15-5-6-15)13-18(25)23-9-7-22(8-10-23)16-4-2-3-14(19)11-16/h2-4,11,15H,5-10,12-13H2,1H3,(H,20,24). The predicted octanol–water partition coefficient (Wildman–Crippen LogP) is 1.20. The Hall–Kier alpha value is -1.79. The van der Waals surface area contributed by atoms with Crippen molar-refractivity contribution in [2.75, 3.05) is 51.2 Å². The minimum atomic E-state index is 0.00331. The van der Waals surface area contributed by atoms with Gasteiger partial charge in [0.05, 0.1) is 13.1 Å². The number of hydrogen-bond donors (Lipinski definition) is 1. The number of benzene rings is 1. The number of piperazine rings is 1. The van der Waals surface area contributed by atoms with Crippen LogP contribution in [-0.4, -0.2) is 74.0 Å². The second-order valence-corrected chi connectivity index (χ2v) is 7.30. The van der Waals surface area contributed by atoms with Crippen molar-refractivity contribution in [3.63, 3.8) is 0 Å². The normalized spacial score (nSPS) is 17.7. The zero-order chi connectivity index (χ0) is 17.8. The van der Waals surface area contributed by atoms with Crippen molar-refractivity contribution >= 4 is 29.1 Å². The van der Waals surface area contributed by atoms with Gasteiger partial charge in [-0.25, -0.2) is 0 Å². The fourth-order valence-electron chi connectivity index (χ4n) is 3.02. The molecule has 1 saturated carbocycles. The smallest absolute Gasteiger partial charge is 0.236 e. The number of nitrogens with one attached hydrogen (secondary N) is 1. The Balaban J connectivity index is 1.42. The molecule has 2 fully saturated rings. The molecule has 0 bridgehead atoms. The number of amides is 2. The van der Waals surface area contributed by atoms with E-state index in [-0.39, 0.29) is 24.9 Å². The lowest BCUT2D eigenvalue weighted by molar-refractivity contribution is -0.133. The average Bonchev–Trinajstić information content (AvgIpc) is 3.38. The third-order valence-electron chi connectivity index (χ3n) is 4.57. The highest BCUT2D eigenvalue weighted by atomic mass is 35.5. The zero-order valence-corrected chi connectivity index (χ0v) is 15.3. The number of hydrogen-bond acceptors (Lipinski definition) is 4. The van der Waals surface area contributed by atoms with Crippen LogP contribution in [0.4, 0.5) is 5.69 Å². The summed E-state index contributed by atoms with van der Waals surface area (Å²) in [6.07, 6.45) is 2.15. The second-order valence-electron chi connectivity index (χ2n) is 6.86. The molecule has 1 aliphatic heterocycles. The maximum absolute atomic E-state index is 12.4. The van der Waals surface area contributed by atoms with Gasteiger partial charge in [0.25, 0.3) is 0 Å². The van der Waals surface area contributed by atoms with E-state index in [1.54, 1.807) is 4.90 Å². The predicted molar refractivity (Wildman–Crippen MR) is 98.9 cm³/mol. The van der Waals surface area contributed by atoms with Gasteiger partial charge < -0.3 is 15.1 Å². The van der Waals surface area contributed by atoms with Crippen molar-refractivity contribution in [3.05, 3.63) is 29.3 Å². The first kappa shape index (κ1) is 18.0. The van der Waals surface area contributed by atoms with Crippen molar-refractivity contribution in [2.24, 2.45) is 0 Å². The summed E-state index contributed by atoms with van der Waals surface area (Å²) in [5, 5.41) is 3.67. The molecule has 1 heterocycles. The SMILES string of the molecule is CN(CC(=O)NC1CC1)CC(=O)N1CCN(c2cccc(Cl)c2)CC1. The monoisotopic (exact) mass is 364 g/mol. The second kappa shape index (κ2) is 8.06. The zero-order valence-electron chi connectivity index (χ0n) is 14.6. The van der Waals surface area contributed by atoms with E-state index in [4.69, 9.17) is 11.6 Å². The summed E-state index contributed by atoms with van der Waals surface area (Å²) in [6, 6.07) is 8.15. The molecule has 1 aromatic carbocycles. The number of likely N-dealkylation sites (N-methyl/N-ethyl adjacent to an activating group) is 1. The first-order valence-corrected chi connectivity index (χ1v) is 9.15. The summed E-state index contributed by atoms with van der Waals surface area (Å²) >= 11 is 6.05. The lowest BCUT2D eigenvalue weighted by Crippen LogP contribution is -2.51. The summed E-state index contributed by atoms with van der Waals surface area (Å²) < 4.78 is 0. The van der Waals surface area contributed by atoms with Crippen LogP contribution in [0.3, 0.4) is 0 Å². The van der Waals surface area contributed by atoms with E-state index >= 15 is 0 Å². The summed E-state index contributed by atoms with van der Waals surface area (Å²) in [4.78, 5) is 30.1.